The molecular weight excluding hydrogens is 194 g/mol. The molecule has 16 heavy (non-hydrogen) atoms. The number of rotatable bonds is 4. The van der Waals surface area contributed by atoms with Crippen molar-refractivity contribution in [1.82, 2.24) is 0 Å². The SMILES string of the molecule is CCCc1ccc(Nc2cc[c]cc2)cc1. The average molecular weight is 210 g/mol. The maximum atomic E-state index is 3.35. The van der Waals surface area contributed by atoms with Gasteiger partial charge in [-0.1, -0.05) is 37.6 Å². The van der Waals surface area contributed by atoms with Crippen molar-refractivity contribution in [3.8, 4) is 0 Å². The summed E-state index contributed by atoms with van der Waals surface area (Å²) in [7, 11) is 0. The Morgan fingerprint density at radius 1 is 0.938 bits per heavy atom. The minimum absolute atomic E-state index is 1.10. The van der Waals surface area contributed by atoms with E-state index in [4.69, 9.17) is 0 Å². The van der Waals surface area contributed by atoms with Gasteiger partial charge in [0, 0.05) is 11.4 Å². The van der Waals surface area contributed by atoms with Crippen molar-refractivity contribution >= 4 is 11.4 Å². The Balaban J connectivity index is 2.05. The molecule has 0 atom stereocenters. The number of anilines is 2. The first-order valence-corrected chi connectivity index (χ1v) is 5.70. The maximum Gasteiger partial charge on any atom is 0.0384 e. The maximum absolute atomic E-state index is 3.35. The molecule has 1 radical (unpaired) electrons. The van der Waals surface area contributed by atoms with Gasteiger partial charge in [0.1, 0.15) is 0 Å². The van der Waals surface area contributed by atoms with Crippen LogP contribution in [0.1, 0.15) is 18.9 Å². The fourth-order valence-electron chi connectivity index (χ4n) is 1.68. The Kier molecular flexibility index (Phi) is 3.60. The Morgan fingerprint density at radius 2 is 1.56 bits per heavy atom. The number of nitrogens with one attached hydrogen (secondary N) is 1. The molecule has 0 fully saturated rings. The Hall–Kier alpha value is -1.76. The van der Waals surface area contributed by atoms with Gasteiger partial charge in [-0.05, 0) is 42.3 Å². The molecule has 81 valence electrons. The third kappa shape index (κ3) is 2.86. The second-order valence-electron chi connectivity index (χ2n) is 3.86. The van der Waals surface area contributed by atoms with Crippen LogP contribution in [0.2, 0.25) is 0 Å². The van der Waals surface area contributed by atoms with Crippen LogP contribution in [-0.2, 0) is 6.42 Å². The van der Waals surface area contributed by atoms with Gasteiger partial charge in [-0.25, -0.2) is 0 Å². The summed E-state index contributed by atoms with van der Waals surface area (Å²) in [6.45, 7) is 2.20. The summed E-state index contributed by atoms with van der Waals surface area (Å²) in [6.07, 6.45) is 2.35. The smallest absolute Gasteiger partial charge is 0.0384 e. The minimum atomic E-state index is 1.10. The third-order valence-corrected chi connectivity index (χ3v) is 2.50. The molecule has 0 aliphatic rings. The van der Waals surface area contributed by atoms with Gasteiger partial charge in [0.15, 0.2) is 0 Å². The van der Waals surface area contributed by atoms with E-state index in [1.807, 2.05) is 24.3 Å². The van der Waals surface area contributed by atoms with Crippen molar-refractivity contribution in [3.05, 3.63) is 60.2 Å². The van der Waals surface area contributed by atoms with Crippen LogP contribution in [0.25, 0.3) is 0 Å². The predicted molar refractivity (Wildman–Crippen MR) is 69.0 cm³/mol. The van der Waals surface area contributed by atoms with Gasteiger partial charge in [0.05, 0.1) is 0 Å². The van der Waals surface area contributed by atoms with Crippen LogP contribution in [0.4, 0.5) is 11.4 Å². The van der Waals surface area contributed by atoms with E-state index in [2.05, 4.69) is 42.6 Å². The summed E-state index contributed by atoms with van der Waals surface area (Å²) < 4.78 is 0. The second kappa shape index (κ2) is 5.36. The summed E-state index contributed by atoms with van der Waals surface area (Å²) in [6, 6.07) is 19.5. The van der Waals surface area contributed by atoms with Crippen molar-refractivity contribution < 1.29 is 0 Å². The first-order chi connectivity index (χ1) is 7.88. The van der Waals surface area contributed by atoms with Gasteiger partial charge in [0.25, 0.3) is 0 Å². The van der Waals surface area contributed by atoms with Crippen molar-refractivity contribution in [1.29, 1.82) is 0 Å². The van der Waals surface area contributed by atoms with E-state index in [0.29, 0.717) is 0 Å². The van der Waals surface area contributed by atoms with Crippen molar-refractivity contribution in [2.45, 2.75) is 19.8 Å². The predicted octanol–water partition coefficient (Wildman–Crippen LogP) is 4.18. The third-order valence-electron chi connectivity index (χ3n) is 2.50. The molecule has 0 spiro atoms. The highest BCUT2D eigenvalue weighted by molar-refractivity contribution is 5.59. The topological polar surface area (TPSA) is 12.0 Å². The fourth-order valence-corrected chi connectivity index (χ4v) is 1.68. The van der Waals surface area contributed by atoms with Gasteiger partial charge < -0.3 is 5.32 Å². The second-order valence-corrected chi connectivity index (χ2v) is 3.86. The molecule has 2 aromatic rings. The number of hydrogen-bond donors (Lipinski definition) is 1. The fraction of sp³-hybridized carbons (Fsp3) is 0.200. The van der Waals surface area contributed by atoms with Gasteiger partial charge in [-0.2, -0.15) is 0 Å². The monoisotopic (exact) mass is 210 g/mol. The number of hydrogen-bond acceptors (Lipinski definition) is 1. The molecule has 1 N–H and O–H groups in total. The number of aryl methyl sites for hydroxylation is 1. The molecule has 1 nitrogen and oxygen atoms in total. The summed E-state index contributed by atoms with van der Waals surface area (Å²) in [5, 5.41) is 3.35. The lowest BCUT2D eigenvalue weighted by Crippen LogP contribution is -1.90. The lowest BCUT2D eigenvalue weighted by atomic mass is 10.1. The summed E-state index contributed by atoms with van der Waals surface area (Å²) >= 11 is 0. The molecule has 0 aromatic heterocycles. The molecule has 0 aliphatic carbocycles. The van der Waals surface area contributed by atoms with Crippen LogP contribution >= 0.6 is 0 Å². The molecule has 2 rings (SSSR count). The molecule has 2 aromatic carbocycles. The normalized spacial score (nSPS) is 10.1. The minimum Gasteiger partial charge on any atom is -0.356 e. The van der Waals surface area contributed by atoms with E-state index in [9.17, 15) is 0 Å². The Bertz CT molecular complexity index is 417. The molecule has 1 heteroatoms. The zero-order valence-corrected chi connectivity index (χ0v) is 9.53. The quantitative estimate of drug-likeness (QED) is 0.798. The first kappa shape index (κ1) is 10.7. The van der Waals surface area contributed by atoms with Gasteiger partial charge >= 0.3 is 0 Å². The Morgan fingerprint density at radius 3 is 2.19 bits per heavy atom. The largest absolute Gasteiger partial charge is 0.356 e. The van der Waals surface area contributed by atoms with E-state index in [-0.39, 0.29) is 0 Å². The van der Waals surface area contributed by atoms with Crippen LogP contribution in [0.3, 0.4) is 0 Å². The van der Waals surface area contributed by atoms with Gasteiger partial charge in [-0.3, -0.25) is 0 Å². The standard InChI is InChI=1S/C15H16N/c1-2-6-13-9-11-15(12-10-13)16-14-7-4-3-5-8-14/h4-5,7-12,16H,2,6H2,1H3. The average Bonchev–Trinajstić information content (AvgIpc) is 2.33. The molecule has 0 bridgehead atoms. The molecule has 0 saturated carbocycles. The molecule has 0 unspecified atom stereocenters. The molecule has 0 saturated heterocycles. The Labute approximate surface area is 97.1 Å². The van der Waals surface area contributed by atoms with Crippen LogP contribution in [-0.4, -0.2) is 0 Å². The van der Waals surface area contributed by atoms with E-state index >= 15 is 0 Å². The molecule has 0 amide bonds. The van der Waals surface area contributed by atoms with Crippen LogP contribution < -0.4 is 5.32 Å². The van der Waals surface area contributed by atoms with Gasteiger partial charge in [0.2, 0.25) is 0 Å². The summed E-state index contributed by atoms with van der Waals surface area (Å²) in [4.78, 5) is 0. The van der Waals surface area contributed by atoms with Crippen LogP contribution in [0.5, 0.6) is 0 Å². The number of benzene rings is 2. The zero-order chi connectivity index (χ0) is 11.2. The van der Waals surface area contributed by atoms with Crippen molar-refractivity contribution in [2.24, 2.45) is 0 Å². The first-order valence-electron chi connectivity index (χ1n) is 5.70. The van der Waals surface area contributed by atoms with E-state index in [1.54, 1.807) is 0 Å². The highest BCUT2D eigenvalue weighted by atomic mass is 14.9. The van der Waals surface area contributed by atoms with Crippen molar-refractivity contribution in [2.75, 3.05) is 5.32 Å². The van der Waals surface area contributed by atoms with Gasteiger partial charge in [-0.15, -0.1) is 0 Å². The molecule has 0 aliphatic heterocycles. The lowest BCUT2D eigenvalue weighted by Gasteiger charge is -2.06. The molecular formula is C15H16N. The highest BCUT2D eigenvalue weighted by Gasteiger charge is 1.94. The van der Waals surface area contributed by atoms with E-state index in [1.165, 1.54) is 12.0 Å². The highest BCUT2D eigenvalue weighted by Crippen LogP contribution is 2.16. The van der Waals surface area contributed by atoms with Crippen molar-refractivity contribution in [3.63, 3.8) is 0 Å². The van der Waals surface area contributed by atoms with E-state index in [0.717, 1.165) is 17.8 Å². The lowest BCUT2D eigenvalue weighted by molar-refractivity contribution is 0.922. The van der Waals surface area contributed by atoms with E-state index < -0.39 is 0 Å². The zero-order valence-electron chi connectivity index (χ0n) is 9.53. The summed E-state index contributed by atoms with van der Waals surface area (Å²) in [5.74, 6) is 0. The summed E-state index contributed by atoms with van der Waals surface area (Å²) in [5.41, 5.74) is 3.63. The molecule has 0 heterocycles. The van der Waals surface area contributed by atoms with Crippen LogP contribution in [0.15, 0.2) is 48.5 Å². The van der Waals surface area contributed by atoms with Crippen LogP contribution in [0, 0.1) is 6.07 Å².